The first-order valence-corrected chi connectivity index (χ1v) is 10.3. The van der Waals surface area contributed by atoms with Gasteiger partial charge in [0, 0.05) is 12.1 Å². The number of rotatable bonds is 8. The van der Waals surface area contributed by atoms with E-state index in [-0.39, 0.29) is 12.5 Å². The summed E-state index contributed by atoms with van der Waals surface area (Å²) < 4.78 is 6.79. The number of nitrogens with one attached hydrogen (secondary N) is 2. The molecule has 0 aliphatic rings. The number of hydrogen-bond donors (Lipinski definition) is 2. The molecule has 1 unspecified atom stereocenters. The monoisotopic (exact) mass is 442 g/mol. The zero-order valence-corrected chi connectivity index (χ0v) is 17.7. The second kappa shape index (κ2) is 10.7. The van der Waals surface area contributed by atoms with Gasteiger partial charge in [-0.25, -0.2) is 9.48 Å². The molecule has 0 spiro atoms. The Labute approximate surface area is 190 Å². The normalized spacial score (nSPS) is 11.4. The van der Waals surface area contributed by atoms with Crippen LogP contribution in [0, 0.1) is 0 Å². The molecule has 9 heteroatoms. The number of tetrazole rings is 1. The van der Waals surface area contributed by atoms with Gasteiger partial charge in [-0.05, 0) is 39.8 Å². The van der Waals surface area contributed by atoms with E-state index in [9.17, 15) is 9.59 Å². The van der Waals surface area contributed by atoms with Gasteiger partial charge in [0.25, 0.3) is 0 Å². The van der Waals surface area contributed by atoms with Gasteiger partial charge in [0.2, 0.25) is 5.91 Å². The minimum atomic E-state index is -0.840. The lowest BCUT2D eigenvalue weighted by atomic mass is 10.1. The number of ether oxygens (including phenoxy) is 1. The van der Waals surface area contributed by atoms with Gasteiger partial charge in [0.1, 0.15) is 19.0 Å². The summed E-state index contributed by atoms with van der Waals surface area (Å²) in [4.78, 5) is 25.5. The van der Waals surface area contributed by atoms with E-state index >= 15 is 0 Å². The largest absolute Gasteiger partial charge is 0.445 e. The van der Waals surface area contributed by atoms with E-state index in [1.54, 1.807) is 18.2 Å². The molecule has 0 fully saturated rings. The SMILES string of the molecule is O=C(NC(Cc1ccccc1)C(=O)Nc1cccc(-n2cnnn2)c1)OCc1ccccc1. The van der Waals surface area contributed by atoms with Crippen molar-refractivity contribution in [3.05, 3.63) is 102 Å². The summed E-state index contributed by atoms with van der Waals surface area (Å²) in [5.41, 5.74) is 3.00. The van der Waals surface area contributed by atoms with E-state index in [1.165, 1.54) is 11.0 Å². The summed E-state index contributed by atoms with van der Waals surface area (Å²) >= 11 is 0. The predicted molar refractivity (Wildman–Crippen MR) is 121 cm³/mol. The summed E-state index contributed by atoms with van der Waals surface area (Å²) in [7, 11) is 0. The van der Waals surface area contributed by atoms with Gasteiger partial charge in [-0.3, -0.25) is 4.79 Å². The Kier molecular flexibility index (Phi) is 7.01. The first kappa shape index (κ1) is 21.7. The van der Waals surface area contributed by atoms with Gasteiger partial charge in [0.15, 0.2) is 0 Å². The van der Waals surface area contributed by atoms with Crippen molar-refractivity contribution >= 4 is 17.7 Å². The number of carbonyl (C=O) groups is 2. The third-order valence-corrected chi connectivity index (χ3v) is 4.83. The van der Waals surface area contributed by atoms with Crippen molar-refractivity contribution < 1.29 is 14.3 Å². The zero-order chi connectivity index (χ0) is 22.9. The van der Waals surface area contributed by atoms with Crippen molar-refractivity contribution in [1.82, 2.24) is 25.5 Å². The van der Waals surface area contributed by atoms with E-state index < -0.39 is 12.1 Å². The first-order valence-electron chi connectivity index (χ1n) is 10.3. The maximum Gasteiger partial charge on any atom is 0.408 e. The molecule has 3 aromatic carbocycles. The molecular weight excluding hydrogens is 420 g/mol. The highest BCUT2D eigenvalue weighted by Crippen LogP contribution is 2.14. The van der Waals surface area contributed by atoms with Gasteiger partial charge in [0.05, 0.1) is 5.69 Å². The number of amides is 2. The molecule has 33 heavy (non-hydrogen) atoms. The van der Waals surface area contributed by atoms with Gasteiger partial charge in [-0.15, -0.1) is 5.10 Å². The molecule has 1 aromatic heterocycles. The Balaban J connectivity index is 1.45. The Morgan fingerprint density at radius 3 is 2.33 bits per heavy atom. The molecule has 2 N–H and O–H groups in total. The molecule has 0 saturated heterocycles. The Bertz CT molecular complexity index is 1180. The van der Waals surface area contributed by atoms with Crippen LogP contribution in [0.3, 0.4) is 0 Å². The maximum atomic E-state index is 13.1. The molecule has 0 radical (unpaired) electrons. The fourth-order valence-electron chi connectivity index (χ4n) is 3.20. The molecule has 4 rings (SSSR count). The fourth-order valence-corrected chi connectivity index (χ4v) is 3.20. The number of anilines is 1. The lowest BCUT2D eigenvalue weighted by Crippen LogP contribution is -2.45. The average molecular weight is 442 g/mol. The number of carbonyl (C=O) groups excluding carboxylic acids is 2. The van der Waals surface area contributed by atoms with E-state index in [4.69, 9.17) is 4.74 Å². The van der Waals surface area contributed by atoms with Gasteiger partial charge < -0.3 is 15.4 Å². The molecule has 4 aromatic rings. The van der Waals surface area contributed by atoms with Crippen LogP contribution >= 0.6 is 0 Å². The number of benzene rings is 3. The van der Waals surface area contributed by atoms with E-state index in [1.807, 2.05) is 66.7 Å². The predicted octanol–water partition coefficient (Wildman–Crippen LogP) is 3.14. The molecule has 9 nitrogen and oxygen atoms in total. The highest BCUT2D eigenvalue weighted by Gasteiger charge is 2.22. The maximum absolute atomic E-state index is 13.1. The van der Waals surface area contributed by atoms with Crippen LogP contribution in [-0.2, 0) is 22.6 Å². The fraction of sp³-hybridized carbons (Fsp3) is 0.125. The summed E-state index contributed by atoms with van der Waals surface area (Å²) in [6.45, 7) is 0.111. The molecule has 1 atom stereocenters. The smallest absolute Gasteiger partial charge is 0.408 e. The molecular formula is C24H22N6O3. The summed E-state index contributed by atoms with van der Waals surface area (Å²) in [6.07, 6.45) is 1.10. The Morgan fingerprint density at radius 2 is 1.64 bits per heavy atom. The zero-order valence-electron chi connectivity index (χ0n) is 17.7. The minimum Gasteiger partial charge on any atom is -0.445 e. The molecule has 0 aliphatic carbocycles. The number of nitrogens with zero attached hydrogens (tertiary/aromatic N) is 4. The Morgan fingerprint density at radius 1 is 0.909 bits per heavy atom. The van der Waals surface area contributed by atoms with E-state index in [0.717, 1.165) is 11.1 Å². The summed E-state index contributed by atoms with van der Waals surface area (Å²) in [5, 5.41) is 16.6. The summed E-state index contributed by atoms with van der Waals surface area (Å²) in [5.74, 6) is -0.371. The van der Waals surface area contributed by atoms with Crippen LogP contribution in [0.5, 0.6) is 0 Å². The number of aromatic nitrogens is 4. The second-order valence-electron chi connectivity index (χ2n) is 7.24. The standard InChI is InChI=1S/C24H22N6O3/c31-23(26-20-12-7-13-21(15-20)30-17-25-28-29-30)22(14-18-8-3-1-4-9-18)27-24(32)33-16-19-10-5-2-6-11-19/h1-13,15,17,22H,14,16H2,(H,26,31)(H,27,32). The van der Waals surface area contributed by atoms with Crippen LogP contribution in [0.4, 0.5) is 10.5 Å². The first-order chi connectivity index (χ1) is 16.2. The second-order valence-corrected chi connectivity index (χ2v) is 7.24. The van der Waals surface area contributed by atoms with Gasteiger partial charge in [-0.2, -0.15) is 0 Å². The molecule has 0 saturated carbocycles. The van der Waals surface area contributed by atoms with Crippen LogP contribution in [0.2, 0.25) is 0 Å². The molecule has 1 heterocycles. The Hall–Kier alpha value is -4.53. The average Bonchev–Trinajstić information content (AvgIpc) is 3.39. The third-order valence-electron chi connectivity index (χ3n) is 4.83. The van der Waals surface area contributed by atoms with Crippen LogP contribution < -0.4 is 10.6 Å². The van der Waals surface area contributed by atoms with Crippen LogP contribution in [0.15, 0.2) is 91.3 Å². The molecule has 2 amide bonds. The quantitative estimate of drug-likeness (QED) is 0.434. The highest BCUT2D eigenvalue weighted by atomic mass is 16.5. The van der Waals surface area contributed by atoms with Crippen molar-refractivity contribution in [3.63, 3.8) is 0 Å². The van der Waals surface area contributed by atoms with Crippen molar-refractivity contribution in [2.75, 3.05) is 5.32 Å². The van der Waals surface area contributed by atoms with Gasteiger partial charge in [-0.1, -0.05) is 66.7 Å². The molecule has 0 bridgehead atoms. The number of hydrogen-bond acceptors (Lipinski definition) is 6. The summed E-state index contributed by atoms with van der Waals surface area (Å²) in [6, 6.07) is 25.0. The van der Waals surface area contributed by atoms with Crippen molar-refractivity contribution in [2.24, 2.45) is 0 Å². The van der Waals surface area contributed by atoms with Crippen LogP contribution in [-0.4, -0.2) is 38.2 Å². The van der Waals surface area contributed by atoms with E-state index in [2.05, 4.69) is 26.2 Å². The van der Waals surface area contributed by atoms with Crippen LogP contribution in [0.1, 0.15) is 11.1 Å². The molecule has 166 valence electrons. The number of alkyl carbamates (subject to hydrolysis) is 1. The highest BCUT2D eigenvalue weighted by molar-refractivity contribution is 5.97. The van der Waals surface area contributed by atoms with Gasteiger partial charge >= 0.3 is 6.09 Å². The van der Waals surface area contributed by atoms with Crippen molar-refractivity contribution in [3.8, 4) is 5.69 Å². The minimum absolute atomic E-state index is 0.111. The van der Waals surface area contributed by atoms with E-state index in [0.29, 0.717) is 17.8 Å². The third kappa shape index (κ3) is 6.23. The lowest BCUT2D eigenvalue weighted by Gasteiger charge is -2.19. The van der Waals surface area contributed by atoms with Crippen LogP contribution in [0.25, 0.3) is 5.69 Å². The van der Waals surface area contributed by atoms with Crippen molar-refractivity contribution in [1.29, 1.82) is 0 Å². The molecule has 0 aliphatic heterocycles. The lowest BCUT2D eigenvalue weighted by molar-refractivity contribution is -0.118. The topological polar surface area (TPSA) is 111 Å². The van der Waals surface area contributed by atoms with Crippen molar-refractivity contribution in [2.45, 2.75) is 19.1 Å².